The minimum absolute atomic E-state index is 0.0192. The average molecular weight is 392 g/mol. The topological polar surface area (TPSA) is 122 Å². The highest BCUT2D eigenvalue weighted by Crippen LogP contribution is 2.19. The van der Waals surface area contributed by atoms with Crippen molar-refractivity contribution in [3.8, 4) is 0 Å². The van der Waals surface area contributed by atoms with Crippen LogP contribution in [0.15, 0.2) is 24.3 Å². The predicted molar refractivity (Wildman–Crippen MR) is 101 cm³/mol. The van der Waals surface area contributed by atoms with E-state index in [1.54, 1.807) is 13.0 Å². The molecule has 0 spiro atoms. The molecule has 4 amide bonds. The molecule has 0 saturated carbocycles. The number of Topliss-reactive ketones (excluding diaryl/α,β-unsaturated/α-hetero) is 1. The first kappa shape index (κ1) is 21.5. The number of anilines is 1. The van der Waals surface area contributed by atoms with Crippen LogP contribution >= 0.6 is 0 Å². The van der Waals surface area contributed by atoms with Gasteiger partial charge in [0.1, 0.15) is 11.9 Å². The molecule has 4 N–H and O–H groups in total. The number of carbonyl (C=O) groups excluding carboxylic acids is 4. The number of urea groups is 1. The molecule has 1 aromatic carbocycles. The Bertz CT molecular complexity index is 755. The Morgan fingerprint density at radius 1 is 1.32 bits per heavy atom. The standard InChI is InChI=1S/C19H25FN4O4/c1-12(9-17(21)26)10-18(27)24(15-7-4-8-22-11-16(15)25)19(28)23-14-6-3-2-5-13(14)20/h2-3,5-6,12,15,22H,4,7-11H2,1H3,(H2,21,26)(H,23,28)/t12-,15?/m0/s1. The Morgan fingerprint density at radius 2 is 2.04 bits per heavy atom. The van der Waals surface area contributed by atoms with Gasteiger partial charge in [-0.15, -0.1) is 0 Å². The number of primary amides is 1. The Kier molecular flexibility index (Phi) is 7.62. The Morgan fingerprint density at radius 3 is 2.71 bits per heavy atom. The van der Waals surface area contributed by atoms with E-state index >= 15 is 0 Å². The summed E-state index contributed by atoms with van der Waals surface area (Å²) < 4.78 is 13.9. The van der Waals surface area contributed by atoms with Gasteiger partial charge < -0.3 is 16.4 Å². The van der Waals surface area contributed by atoms with Crippen LogP contribution in [0.3, 0.4) is 0 Å². The maximum atomic E-state index is 13.9. The molecule has 152 valence electrons. The number of rotatable bonds is 6. The molecule has 1 aliphatic rings. The fourth-order valence-electron chi connectivity index (χ4n) is 3.16. The molecule has 1 saturated heterocycles. The molecule has 1 aromatic rings. The second kappa shape index (κ2) is 9.93. The Hall–Kier alpha value is -2.81. The van der Waals surface area contributed by atoms with Crippen molar-refractivity contribution >= 4 is 29.3 Å². The number of hydrogen-bond donors (Lipinski definition) is 3. The van der Waals surface area contributed by atoms with Crippen LogP contribution in [-0.4, -0.2) is 47.7 Å². The van der Waals surface area contributed by atoms with Crippen molar-refractivity contribution in [2.45, 2.75) is 38.6 Å². The maximum Gasteiger partial charge on any atom is 0.329 e. The number of benzene rings is 1. The number of carbonyl (C=O) groups is 4. The van der Waals surface area contributed by atoms with Gasteiger partial charge in [0.25, 0.3) is 0 Å². The number of ketones is 1. The van der Waals surface area contributed by atoms with Gasteiger partial charge in [-0.05, 0) is 37.4 Å². The molecule has 0 bridgehead atoms. The van der Waals surface area contributed by atoms with Gasteiger partial charge >= 0.3 is 6.03 Å². The number of nitrogens with one attached hydrogen (secondary N) is 2. The van der Waals surface area contributed by atoms with Gasteiger partial charge in [0, 0.05) is 12.8 Å². The van der Waals surface area contributed by atoms with Crippen molar-refractivity contribution in [1.82, 2.24) is 10.2 Å². The molecule has 1 heterocycles. The van der Waals surface area contributed by atoms with Crippen molar-refractivity contribution in [1.29, 1.82) is 0 Å². The van der Waals surface area contributed by atoms with E-state index in [0.717, 1.165) is 4.90 Å². The quantitative estimate of drug-likeness (QED) is 0.676. The van der Waals surface area contributed by atoms with Crippen molar-refractivity contribution in [3.63, 3.8) is 0 Å². The van der Waals surface area contributed by atoms with Crippen LogP contribution in [0, 0.1) is 11.7 Å². The van der Waals surface area contributed by atoms with Crippen molar-refractivity contribution in [2.75, 3.05) is 18.4 Å². The first-order valence-corrected chi connectivity index (χ1v) is 9.19. The van der Waals surface area contributed by atoms with E-state index in [1.165, 1.54) is 18.2 Å². The van der Waals surface area contributed by atoms with Crippen molar-refractivity contribution in [2.24, 2.45) is 11.7 Å². The first-order valence-electron chi connectivity index (χ1n) is 9.19. The van der Waals surface area contributed by atoms with E-state index in [-0.39, 0.29) is 30.9 Å². The highest BCUT2D eigenvalue weighted by molar-refractivity contribution is 6.05. The van der Waals surface area contributed by atoms with Crippen LogP contribution in [0.2, 0.25) is 0 Å². The molecular weight excluding hydrogens is 367 g/mol. The van der Waals surface area contributed by atoms with Gasteiger partial charge in [-0.1, -0.05) is 19.1 Å². The zero-order chi connectivity index (χ0) is 20.7. The van der Waals surface area contributed by atoms with Crippen LogP contribution in [0.25, 0.3) is 0 Å². The number of imide groups is 1. The summed E-state index contributed by atoms with van der Waals surface area (Å²) in [5.41, 5.74) is 5.07. The van der Waals surface area contributed by atoms with Gasteiger partial charge in [0.05, 0.1) is 12.2 Å². The van der Waals surface area contributed by atoms with E-state index in [9.17, 15) is 23.6 Å². The molecule has 1 aliphatic heterocycles. The van der Waals surface area contributed by atoms with E-state index in [4.69, 9.17) is 5.73 Å². The van der Waals surface area contributed by atoms with Gasteiger partial charge in [0.15, 0.2) is 5.78 Å². The first-order chi connectivity index (χ1) is 13.3. The van der Waals surface area contributed by atoms with E-state index in [2.05, 4.69) is 10.6 Å². The van der Waals surface area contributed by atoms with Crippen molar-refractivity contribution < 1.29 is 23.6 Å². The number of hydrogen-bond acceptors (Lipinski definition) is 5. The van der Waals surface area contributed by atoms with Crippen LogP contribution in [0.5, 0.6) is 0 Å². The lowest BCUT2D eigenvalue weighted by Crippen LogP contribution is -2.51. The molecule has 2 atom stereocenters. The lowest BCUT2D eigenvalue weighted by Gasteiger charge is -2.29. The minimum atomic E-state index is -0.949. The Balaban J connectivity index is 2.25. The van der Waals surface area contributed by atoms with Gasteiger partial charge in [-0.3, -0.25) is 19.3 Å². The minimum Gasteiger partial charge on any atom is -0.370 e. The van der Waals surface area contributed by atoms with Crippen molar-refractivity contribution in [3.05, 3.63) is 30.1 Å². The fourth-order valence-corrected chi connectivity index (χ4v) is 3.16. The second-order valence-corrected chi connectivity index (χ2v) is 6.95. The van der Waals surface area contributed by atoms with Gasteiger partial charge in [-0.2, -0.15) is 0 Å². The van der Waals surface area contributed by atoms with E-state index < -0.39 is 35.6 Å². The summed E-state index contributed by atoms with van der Waals surface area (Å²) >= 11 is 0. The normalized spacial score (nSPS) is 18.1. The molecular formula is C19H25FN4O4. The second-order valence-electron chi connectivity index (χ2n) is 6.95. The molecule has 8 nitrogen and oxygen atoms in total. The SMILES string of the molecule is C[C@@H](CC(N)=O)CC(=O)N(C(=O)Nc1ccccc1F)C1CCCNCC1=O. The van der Waals surface area contributed by atoms with Crippen LogP contribution in [0.1, 0.15) is 32.6 Å². The molecule has 0 aromatic heterocycles. The molecule has 0 aliphatic carbocycles. The number of nitrogens with two attached hydrogens (primary N) is 1. The number of para-hydroxylation sites is 1. The highest BCUT2D eigenvalue weighted by atomic mass is 19.1. The third-order valence-corrected chi connectivity index (χ3v) is 4.49. The summed E-state index contributed by atoms with van der Waals surface area (Å²) in [5.74, 6) is -2.51. The molecule has 1 unspecified atom stereocenters. The predicted octanol–water partition coefficient (Wildman–Crippen LogP) is 1.41. The van der Waals surface area contributed by atoms with Crippen LogP contribution in [-0.2, 0) is 14.4 Å². The lowest BCUT2D eigenvalue weighted by molar-refractivity contribution is -0.136. The molecule has 2 rings (SSSR count). The molecule has 1 fully saturated rings. The number of amides is 4. The third-order valence-electron chi connectivity index (χ3n) is 4.49. The van der Waals surface area contributed by atoms with Crippen LogP contribution in [0.4, 0.5) is 14.9 Å². The smallest absolute Gasteiger partial charge is 0.329 e. The van der Waals surface area contributed by atoms with Gasteiger partial charge in [0.2, 0.25) is 11.8 Å². The summed E-state index contributed by atoms with van der Waals surface area (Å²) in [6.07, 6.45) is 0.760. The summed E-state index contributed by atoms with van der Waals surface area (Å²) in [6.45, 7) is 2.29. The van der Waals surface area contributed by atoms with E-state index in [1.807, 2.05) is 0 Å². The largest absolute Gasteiger partial charge is 0.370 e. The summed E-state index contributed by atoms with van der Waals surface area (Å²) in [7, 11) is 0. The average Bonchev–Trinajstić information content (AvgIpc) is 2.81. The van der Waals surface area contributed by atoms with Gasteiger partial charge in [-0.25, -0.2) is 9.18 Å². The fraction of sp³-hybridized carbons (Fsp3) is 0.474. The molecule has 0 radical (unpaired) electrons. The number of halogens is 1. The summed E-state index contributed by atoms with van der Waals surface area (Å²) in [4.78, 5) is 50.1. The zero-order valence-electron chi connectivity index (χ0n) is 15.7. The highest BCUT2D eigenvalue weighted by Gasteiger charge is 2.35. The summed E-state index contributed by atoms with van der Waals surface area (Å²) in [5, 5.41) is 5.32. The molecule has 28 heavy (non-hydrogen) atoms. The summed E-state index contributed by atoms with van der Waals surface area (Å²) in [6, 6.07) is 3.73. The monoisotopic (exact) mass is 392 g/mol. The van der Waals surface area contributed by atoms with Crippen LogP contribution < -0.4 is 16.4 Å². The molecule has 9 heteroatoms. The Labute approximate surface area is 162 Å². The number of nitrogens with zero attached hydrogens (tertiary/aromatic N) is 1. The lowest BCUT2D eigenvalue weighted by atomic mass is 10.0. The van der Waals surface area contributed by atoms with E-state index in [0.29, 0.717) is 19.4 Å². The zero-order valence-corrected chi connectivity index (χ0v) is 15.7. The maximum absolute atomic E-state index is 13.9. The third kappa shape index (κ3) is 5.85.